The molecular weight excluding hydrogens is 747 g/mol. The van der Waals surface area contributed by atoms with E-state index in [1.54, 1.807) is 0 Å². The van der Waals surface area contributed by atoms with Crippen LogP contribution < -0.4 is 0 Å². The van der Waals surface area contributed by atoms with E-state index in [4.69, 9.17) is 0 Å². The van der Waals surface area contributed by atoms with Gasteiger partial charge >= 0.3 is 123 Å². The third kappa shape index (κ3) is 131. The number of rotatable bonds is 0. The standard InChI is InChI=1S/2Hf.2La.7O/q2*+4;2*+3;7*-2. The molecule has 0 aromatic heterocycles. The second kappa shape index (κ2) is 154. The van der Waals surface area contributed by atoms with Crippen LogP contribution in [0.25, 0.3) is 0 Å². The van der Waals surface area contributed by atoms with Crippen molar-refractivity contribution in [2.24, 2.45) is 0 Å². The van der Waals surface area contributed by atoms with Gasteiger partial charge in [0.15, 0.2) is 0 Å². The molecular formula is Hf2La2O7. The molecule has 0 aromatic carbocycles. The average molecular weight is 747 g/mol. The predicted molar refractivity (Wildman–Crippen MR) is 4.81 cm³/mol. The van der Waals surface area contributed by atoms with Crippen LogP contribution in [0, 0.1) is 71.2 Å². The van der Waals surface area contributed by atoms with Crippen LogP contribution in [0.5, 0.6) is 0 Å². The van der Waals surface area contributed by atoms with Gasteiger partial charge in [0.1, 0.15) is 0 Å². The Kier molecular flexibility index (Phi) is 2700. The summed E-state index contributed by atoms with van der Waals surface area (Å²) in [5.41, 5.74) is 0. The monoisotopic (exact) mass is 750 g/mol. The molecule has 0 N–H and O–H groups in total. The molecule has 0 radical (unpaired) electrons. The van der Waals surface area contributed by atoms with Crippen molar-refractivity contribution in [1.29, 1.82) is 0 Å². The van der Waals surface area contributed by atoms with Gasteiger partial charge < -0.3 is 38.3 Å². The summed E-state index contributed by atoms with van der Waals surface area (Å²) in [5, 5.41) is 0. The van der Waals surface area contributed by atoms with E-state index in [1.165, 1.54) is 0 Å². The Hall–Kier alpha value is 3.85. The minimum absolute atomic E-state index is 0. The third-order valence-electron chi connectivity index (χ3n) is 0. The van der Waals surface area contributed by atoms with Crippen molar-refractivity contribution >= 4 is 0 Å². The van der Waals surface area contributed by atoms with Crippen LogP contribution in [-0.2, 0) is 90.0 Å². The Morgan fingerprint density at radius 3 is 0.273 bits per heavy atom. The summed E-state index contributed by atoms with van der Waals surface area (Å²) in [6.07, 6.45) is 0. The zero-order valence-corrected chi connectivity index (χ0v) is 19.4. The fourth-order valence-electron chi connectivity index (χ4n) is 0. The summed E-state index contributed by atoms with van der Waals surface area (Å²) in [5.74, 6) is 0. The van der Waals surface area contributed by atoms with Gasteiger partial charge in [0.2, 0.25) is 0 Å². The molecule has 0 heterocycles. The van der Waals surface area contributed by atoms with E-state index in [-0.39, 0.29) is 161 Å². The molecule has 0 aliphatic heterocycles. The Labute approximate surface area is 158 Å². The minimum Gasteiger partial charge on any atom is -2.00 e. The van der Waals surface area contributed by atoms with Crippen molar-refractivity contribution in [3.05, 3.63) is 0 Å². The van der Waals surface area contributed by atoms with E-state index in [0.29, 0.717) is 0 Å². The Morgan fingerprint density at radius 2 is 0.273 bits per heavy atom. The Bertz CT molecular complexity index is 14.4. The van der Waals surface area contributed by atoms with Crippen molar-refractivity contribution in [3.63, 3.8) is 0 Å². The molecule has 56 valence electrons. The topological polar surface area (TPSA) is 200 Å². The first kappa shape index (κ1) is 192. The molecule has 0 fully saturated rings. The smallest absolute Gasteiger partial charge is 2.00 e. The van der Waals surface area contributed by atoms with Crippen molar-refractivity contribution < 1.29 is 161 Å². The summed E-state index contributed by atoms with van der Waals surface area (Å²) >= 11 is 0. The van der Waals surface area contributed by atoms with Crippen LogP contribution in [0.15, 0.2) is 0 Å². The first-order valence-electron chi connectivity index (χ1n) is 0. The van der Waals surface area contributed by atoms with Gasteiger partial charge in [0, 0.05) is 0 Å². The van der Waals surface area contributed by atoms with Gasteiger partial charge in [-0.15, -0.1) is 0 Å². The molecule has 0 saturated carbocycles. The van der Waals surface area contributed by atoms with Crippen LogP contribution >= 0.6 is 0 Å². The van der Waals surface area contributed by atoms with Crippen LogP contribution in [0.4, 0.5) is 0 Å². The maximum absolute atomic E-state index is 0. The molecule has 0 saturated heterocycles. The molecule has 0 bridgehead atoms. The second-order valence-corrected chi connectivity index (χ2v) is 0. The molecule has 0 unspecified atom stereocenters. The normalized spacial score (nSPS) is 0. The number of hydrogen-bond acceptors (Lipinski definition) is 0. The summed E-state index contributed by atoms with van der Waals surface area (Å²) < 4.78 is 0. The summed E-state index contributed by atoms with van der Waals surface area (Å²) in [7, 11) is 0. The van der Waals surface area contributed by atoms with Crippen LogP contribution in [0.1, 0.15) is 0 Å². The summed E-state index contributed by atoms with van der Waals surface area (Å²) in [6.45, 7) is 0. The quantitative estimate of drug-likeness (QED) is 0.279. The zero-order chi connectivity index (χ0) is 0. The fraction of sp³-hybridized carbons (Fsp3) is 0. The van der Waals surface area contributed by atoms with Crippen LogP contribution in [-0.4, -0.2) is 0 Å². The largest absolute Gasteiger partial charge is 4.00 e. The SMILES string of the molecule is [Hf+4].[Hf+4].[La+3].[La+3].[O-2].[O-2].[O-2].[O-2].[O-2].[O-2].[O-2]. The van der Waals surface area contributed by atoms with Gasteiger partial charge in [0.25, 0.3) is 0 Å². The second-order valence-electron chi connectivity index (χ2n) is 0. The van der Waals surface area contributed by atoms with Gasteiger partial charge in [-0.05, 0) is 0 Å². The van der Waals surface area contributed by atoms with Crippen molar-refractivity contribution in [2.45, 2.75) is 0 Å². The molecule has 0 aliphatic rings. The zero-order valence-electron chi connectivity index (χ0n) is 5.01. The van der Waals surface area contributed by atoms with Gasteiger partial charge in [-0.1, -0.05) is 0 Å². The van der Waals surface area contributed by atoms with Crippen molar-refractivity contribution in [1.82, 2.24) is 0 Å². The van der Waals surface area contributed by atoms with E-state index in [9.17, 15) is 0 Å². The van der Waals surface area contributed by atoms with E-state index >= 15 is 0 Å². The first-order valence-corrected chi connectivity index (χ1v) is 0. The summed E-state index contributed by atoms with van der Waals surface area (Å²) in [4.78, 5) is 0. The van der Waals surface area contributed by atoms with Gasteiger partial charge in [0.05, 0.1) is 0 Å². The molecule has 0 aromatic rings. The van der Waals surface area contributed by atoms with Crippen molar-refractivity contribution in [3.8, 4) is 0 Å². The number of hydrogen-bond donors (Lipinski definition) is 0. The molecule has 0 aliphatic carbocycles. The third-order valence-corrected chi connectivity index (χ3v) is 0. The van der Waals surface area contributed by atoms with Crippen molar-refractivity contribution in [2.75, 3.05) is 0 Å². The van der Waals surface area contributed by atoms with Gasteiger partial charge in [-0.2, -0.15) is 0 Å². The molecule has 11 heteroatoms. The maximum Gasteiger partial charge on any atom is 4.00 e. The van der Waals surface area contributed by atoms with E-state index in [0.717, 1.165) is 0 Å². The molecule has 0 amide bonds. The minimum atomic E-state index is 0. The molecule has 0 rings (SSSR count). The molecule has 0 spiro atoms. The van der Waals surface area contributed by atoms with E-state index in [2.05, 4.69) is 0 Å². The Morgan fingerprint density at radius 1 is 0.273 bits per heavy atom. The predicted octanol–water partition coefficient (Wildman–Crippen LogP) is -0.837. The van der Waals surface area contributed by atoms with E-state index in [1.807, 2.05) is 0 Å². The maximum atomic E-state index is 0. The van der Waals surface area contributed by atoms with Crippen LogP contribution in [0.2, 0.25) is 0 Å². The van der Waals surface area contributed by atoms with Crippen LogP contribution in [0.3, 0.4) is 0 Å². The average Bonchev–Trinajstić information content (AvgIpc) is 0. The van der Waals surface area contributed by atoms with Gasteiger partial charge in [-0.3, -0.25) is 0 Å². The fourth-order valence-corrected chi connectivity index (χ4v) is 0. The first-order chi connectivity index (χ1) is 0. The molecule has 11 heavy (non-hydrogen) atoms. The summed E-state index contributed by atoms with van der Waals surface area (Å²) in [6, 6.07) is 0. The van der Waals surface area contributed by atoms with Gasteiger partial charge in [-0.25, -0.2) is 0 Å². The Balaban J connectivity index is 0. The van der Waals surface area contributed by atoms with E-state index < -0.39 is 0 Å². The molecule has 7 nitrogen and oxygen atoms in total. The molecule has 0 atom stereocenters.